The van der Waals surface area contributed by atoms with Crippen LogP contribution in [-0.2, 0) is 9.59 Å². The number of anilines is 1. The second-order valence-electron chi connectivity index (χ2n) is 6.29. The van der Waals surface area contributed by atoms with Gasteiger partial charge in [0.05, 0.1) is 17.7 Å². The van der Waals surface area contributed by atoms with E-state index in [2.05, 4.69) is 10.3 Å². The fourth-order valence-corrected chi connectivity index (χ4v) is 3.83. The summed E-state index contributed by atoms with van der Waals surface area (Å²) in [6.45, 7) is 3.92. The molecule has 0 radical (unpaired) electrons. The molecule has 1 fully saturated rings. The first-order chi connectivity index (χ1) is 11.5. The summed E-state index contributed by atoms with van der Waals surface area (Å²) in [5.41, 5.74) is 3.04. The molecule has 2 amide bonds. The minimum atomic E-state index is -0.278. The van der Waals surface area contributed by atoms with E-state index in [0.29, 0.717) is 18.0 Å². The van der Waals surface area contributed by atoms with E-state index in [9.17, 15) is 9.59 Å². The lowest BCUT2D eigenvalue weighted by Gasteiger charge is -2.38. The lowest BCUT2D eigenvalue weighted by molar-refractivity contribution is -0.140. The molecule has 0 unspecified atom stereocenters. The summed E-state index contributed by atoms with van der Waals surface area (Å²) in [7, 11) is 1.78. The maximum atomic E-state index is 12.8. The van der Waals surface area contributed by atoms with Crippen molar-refractivity contribution in [3.05, 3.63) is 46.5 Å². The van der Waals surface area contributed by atoms with Crippen LogP contribution in [-0.4, -0.2) is 28.7 Å². The molecule has 1 aliphatic rings. The lowest BCUT2D eigenvalue weighted by atomic mass is 9.84. The first-order valence-electron chi connectivity index (χ1n) is 8.01. The molecule has 1 aromatic heterocycles. The highest BCUT2D eigenvalue weighted by Gasteiger charge is 2.39. The summed E-state index contributed by atoms with van der Waals surface area (Å²) >= 11 is 1.42. The van der Waals surface area contributed by atoms with Crippen LogP contribution in [0.4, 0.5) is 5.13 Å². The highest BCUT2D eigenvalue weighted by atomic mass is 32.1. The zero-order valence-electron chi connectivity index (χ0n) is 14.1. The van der Waals surface area contributed by atoms with Gasteiger partial charge in [-0.05, 0) is 25.8 Å². The number of hydrogen-bond donors (Lipinski definition) is 1. The number of rotatable bonds is 3. The number of benzene rings is 1. The van der Waals surface area contributed by atoms with E-state index in [0.717, 1.165) is 16.8 Å². The standard InChI is InChI=1S/C18H21N3O2S/c1-11-4-6-13(7-5-11)16-14(8-9-15(22)21(16)3)17(23)20-18-19-12(2)10-24-18/h4-7,10,14,16H,8-9H2,1-3H3,(H,19,20,23)/t14-,16-/m0/s1. The van der Waals surface area contributed by atoms with Crippen LogP contribution >= 0.6 is 11.3 Å². The summed E-state index contributed by atoms with van der Waals surface area (Å²) in [5.74, 6) is -0.274. The predicted octanol–water partition coefficient (Wildman–Crippen LogP) is 3.31. The van der Waals surface area contributed by atoms with E-state index in [1.807, 2.05) is 43.5 Å². The molecule has 126 valence electrons. The van der Waals surface area contributed by atoms with Gasteiger partial charge in [-0.1, -0.05) is 29.8 Å². The average Bonchev–Trinajstić information content (AvgIpc) is 2.96. The highest BCUT2D eigenvalue weighted by molar-refractivity contribution is 7.13. The second kappa shape index (κ2) is 6.73. The third kappa shape index (κ3) is 3.33. The largest absolute Gasteiger partial charge is 0.338 e. The molecular weight excluding hydrogens is 322 g/mol. The fourth-order valence-electron chi connectivity index (χ4n) is 3.14. The Labute approximate surface area is 145 Å². The molecule has 1 N–H and O–H groups in total. The molecule has 0 aliphatic carbocycles. The molecule has 0 spiro atoms. The van der Waals surface area contributed by atoms with E-state index in [-0.39, 0.29) is 23.8 Å². The number of aryl methyl sites for hydroxylation is 2. The van der Waals surface area contributed by atoms with Gasteiger partial charge in [0, 0.05) is 18.8 Å². The van der Waals surface area contributed by atoms with E-state index in [1.165, 1.54) is 11.3 Å². The Morgan fingerprint density at radius 3 is 2.62 bits per heavy atom. The molecule has 6 heteroatoms. The molecule has 1 aliphatic heterocycles. The number of hydrogen-bond acceptors (Lipinski definition) is 4. The summed E-state index contributed by atoms with van der Waals surface area (Å²) in [4.78, 5) is 31.0. The van der Waals surface area contributed by atoms with Crippen LogP contribution < -0.4 is 5.32 Å². The van der Waals surface area contributed by atoms with Crippen molar-refractivity contribution in [3.8, 4) is 0 Å². The van der Waals surface area contributed by atoms with Gasteiger partial charge in [0.15, 0.2) is 5.13 Å². The zero-order chi connectivity index (χ0) is 17.3. The van der Waals surface area contributed by atoms with E-state index < -0.39 is 0 Å². The summed E-state index contributed by atoms with van der Waals surface area (Å²) in [6, 6.07) is 7.79. The van der Waals surface area contributed by atoms with E-state index in [4.69, 9.17) is 0 Å². The third-order valence-corrected chi connectivity index (χ3v) is 5.34. The van der Waals surface area contributed by atoms with Gasteiger partial charge in [0.2, 0.25) is 11.8 Å². The fraction of sp³-hybridized carbons (Fsp3) is 0.389. The van der Waals surface area contributed by atoms with Crippen LogP contribution in [0.25, 0.3) is 0 Å². The molecule has 0 saturated carbocycles. The Bertz CT molecular complexity index is 754. The second-order valence-corrected chi connectivity index (χ2v) is 7.15. The van der Waals surface area contributed by atoms with Crippen molar-refractivity contribution in [1.82, 2.24) is 9.88 Å². The zero-order valence-corrected chi connectivity index (χ0v) is 14.9. The number of nitrogens with zero attached hydrogens (tertiary/aromatic N) is 2. The molecule has 5 nitrogen and oxygen atoms in total. The van der Waals surface area contributed by atoms with E-state index in [1.54, 1.807) is 11.9 Å². The van der Waals surface area contributed by atoms with Crippen LogP contribution in [0.15, 0.2) is 29.6 Å². The molecular formula is C18H21N3O2S. The SMILES string of the molecule is Cc1ccc([C@H]2[C@@H](C(=O)Nc3nc(C)cs3)CCC(=O)N2C)cc1. The number of carbonyl (C=O) groups is 2. The minimum Gasteiger partial charge on any atom is -0.338 e. The topological polar surface area (TPSA) is 62.3 Å². The van der Waals surface area contributed by atoms with Crippen molar-refractivity contribution in [3.63, 3.8) is 0 Å². The highest BCUT2D eigenvalue weighted by Crippen LogP contribution is 2.36. The van der Waals surface area contributed by atoms with Crippen LogP contribution in [0.5, 0.6) is 0 Å². The number of carbonyl (C=O) groups excluding carboxylic acids is 2. The predicted molar refractivity (Wildman–Crippen MR) is 94.9 cm³/mol. The summed E-state index contributed by atoms with van der Waals surface area (Å²) < 4.78 is 0. The van der Waals surface area contributed by atoms with Crippen LogP contribution in [0.3, 0.4) is 0 Å². The third-order valence-electron chi connectivity index (χ3n) is 4.47. The molecule has 2 atom stereocenters. The average molecular weight is 343 g/mol. The van der Waals surface area contributed by atoms with Crippen molar-refractivity contribution in [1.29, 1.82) is 0 Å². The molecule has 2 heterocycles. The van der Waals surface area contributed by atoms with Crippen LogP contribution in [0.1, 0.15) is 35.7 Å². The Morgan fingerprint density at radius 2 is 2.00 bits per heavy atom. The molecule has 1 aromatic carbocycles. The Balaban J connectivity index is 1.86. The molecule has 24 heavy (non-hydrogen) atoms. The van der Waals surface area contributed by atoms with Gasteiger partial charge >= 0.3 is 0 Å². The van der Waals surface area contributed by atoms with Gasteiger partial charge in [-0.3, -0.25) is 9.59 Å². The monoisotopic (exact) mass is 343 g/mol. The van der Waals surface area contributed by atoms with Crippen molar-refractivity contribution >= 4 is 28.3 Å². The van der Waals surface area contributed by atoms with E-state index >= 15 is 0 Å². The van der Waals surface area contributed by atoms with Gasteiger partial charge < -0.3 is 10.2 Å². The normalized spacial score (nSPS) is 21.0. The Morgan fingerprint density at radius 1 is 1.29 bits per heavy atom. The molecule has 3 rings (SSSR count). The van der Waals surface area contributed by atoms with Gasteiger partial charge in [0.25, 0.3) is 0 Å². The van der Waals surface area contributed by atoms with Gasteiger partial charge in [-0.2, -0.15) is 0 Å². The smallest absolute Gasteiger partial charge is 0.231 e. The number of piperidine rings is 1. The van der Waals surface area contributed by atoms with Crippen LogP contribution in [0.2, 0.25) is 0 Å². The van der Waals surface area contributed by atoms with Gasteiger partial charge in [-0.25, -0.2) is 4.98 Å². The van der Waals surface area contributed by atoms with Crippen molar-refractivity contribution in [2.24, 2.45) is 5.92 Å². The quantitative estimate of drug-likeness (QED) is 0.930. The van der Waals surface area contributed by atoms with Crippen molar-refractivity contribution in [2.45, 2.75) is 32.7 Å². The molecule has 1 saturated heterocycles. The number of amides is 2. The first-order valence-corrected chi connectivity index (χ1v) is 8.89. The molecule has 0 bridgehead atoms. The number of likely N-dealkylation sites (tertiary alicyclic amines) is 1. The minimum absolute atomic E-state index is 0.0747. The first kappa shape index (κ1) is 16.6. The summed E-state index contributed by atoms with van der Waals surface area (Å²) in [5, 5.41) is 5.43. The van der Waals surface area contributed by atoms with Crippen LogP contribution in [0, 0.1) is 19.8 Å². The lowest BCUT2D eigenvalue weighted by Crippen LogP contribution is -2.44. The Kier molecular flexibility index (Phi) is 4.66. The maximum Gasteiger partial charge on any atom is 0.231 e. The molecule has 2 aromatic rings. The maximum absolute atomic E-state index is 12.8. The number of aromatic nitrogens is 1. The van der Waals surface area contributed by atoms with Crippen molar-refractivity contribution in [2.75, 3.05) is 12.4 Å². The number of nitrogens with one attached hydrogen (secondary N) is 1. The number of thiazole rings is 1. The van der Waals surface area contributed by atoms with Gasteiger partial charge in [0.1, 0.15) is 0 Å². The van der Waals surface area contributed by atoms with Crippen molar-refractivity contribution < 1.29 is 9.59 Å². The van der Waals surface area contributed by atoms with Gasteiger partial charge in [-0.15, -0.1) is 11.3 Å². The Hall–Kier alpha value is -2.21. The summed E-state index contributed by atoms with van der Waals surface area (Å²) in [6.07, 6.45) is 0.950.